The Morgan fingerprint density at radius 2 is 1.80 bits per heavy atom. The second-order valence-corrected chi connectivity index (χ2v) is 5.30. The summed E-state index contributed by atoms with van der Waals surface area (Å²) in [6, 6.07) is 11.2. The van der Waals surface area contributed by atoms with Gasteiger partial charge in [-0.05, 0) is 18.4 Å². The van der Waals surface area contributed by atoms with Crippen molar-refractivity contribution in [1.29, 1.82) is 0 Å². The first-order chi connectivity index (χ1) is 9.76. The molecule has 3 nitrogen and oxygen atoms in total. The molecule has 1 aromatic carbocycles. The van der Waals surface area contributed by atoms with Gasteiger partial charge in [-0.15, -0.1) is 0 Å². The van der Waals surface area contributed by atoms with E-state index < -0.39 is 0 Å². The van der Waals surface area contributed by atoms with E-state index in [1.807, 2.05) is 0 Å². The van der Waals surface area contributed by atoms with E-state index in [4.69, 9.17) is 10.5 Å². The molecule has 0 radical (unpaired) electrons. The third-order valence-electron chi connectivity index (χ3n) is 4.05. The highest BCUT2D eigenvalue weighted by molar-refractivity contribution is 5.20. The number of rotatable bonds is 10. The summed E-state index contributed by atoms with van der Waals surface area (Å²) in [5.41, 5.74) is 7.34. The Balaban J connectivity index is 2.74. The lowest BCUT2D eigenvalue weighted by molar-refractivity contribution is 0.110. The van der Waals surface area contributed by atoms with Crippen LogP contribution in [0.2, 0.25) is 0 Å². The molecule has 0 aliphatic heterocycles. The number of ether oxygens (including phenoxy) is 1. The summed E-state index contributed by atoms with van der Waals surface area (Å²) in [4.78, 5) is 2.54. The minimum absolute atomic E-state index is 0.397. The SMILES string of the molecule is CCC(CC)N(CCOC)CC(CN)c1ccccc1. The predicted molar refractivity (Wildman–Crippen MR) is 86.1 cm³/mol. The molecule has 1 unspecified atom stereocenters. The zero-order valence-corrected chi connectivity index (χ0v) is 13.2. The summed E-state index contributed by atoms with van der Waals surface area (Å²) in [5, 5.41) is 0. The Bertz CT molecular complexity index is 338. The van der Waals surface area contributed by atoms with E-state index in [0.717, 1.165) is 19.7 Å². The Labute approximate surface area is 124 Å². The van der Waals surface area contributed by atoms with E-state index in [1.54, 1.807) is 7.11 Å². The van der Waals surface area contributed by atoms with E-state index in [1.165, 1.54) is 18.4 Å². The monoisotopic (exact) mass is 278 g/mol. The maximum absolute atomic E-state index is 6.01. The van der Waals surface area contributed by atoms with Gasteiger partial charge in [-0.25, -0.2) is 0 Å². The van der Waals surface area contributed by atoms with Crippen molar-refractivity contribution in [2.75, 3.05) is 33.4 Å². The molecule has 3 heteroatoms. The third kappa shape index (κ3) is 5.23. The van der Waals surface area contributed by atoms with Crippen LogP contribution in [0.5, 0.6) is 0 Å². The van der Waals surface area contributed by atoms with Gasteiger partial charge in [-0.3, -0.25) is 4.90 Å². The molecule has 0 amide bonds. The molecule has 2 N–H and O–H groups in total. The number of methoxy groups -OCH3 is 1. The minimum Gasteiger partial charge on any atom is -0.383 e. The molecule has 0 bridgehead atoms. The van der Waals surface area contributed by atoms with E-state index in [-0.39, 0.29) is 0 Å². The number of benzene rings is 1. The van der Waals surface area contributed by atoms with Crippen LogP contribution >= 0.6 is 0 Å². The topological polar surface area (TPSA) is 38.5 Å². The van der Waals surface area contributed by atoms with Gasteiger partial charge in [0.25, 0.3) is 0 Å². The highest BCUT2D eigenvalue weighted by atomic mass is 16.5. The van der Waals surface area contributed by atoms with Gasteiger partial charge in [-0.1, -0.05) is 44.2 Å². The largest absolute Gasteiger partial charge is 0.383 e. The Morgan fingerprint density at radius 1 is 1.15 bits per heavy atom. The molecule has 1 rings (SSSR count). The van der Waals surface area contributed by atoms with Gasteiger partial charge in [0.15, 0.2) is 0 Å². The molecule has 0 saturated heterocycles. The first-order valence-corrected chi connectivity index (χ1v) is 7.74. The van der Waals surface area contributed by atoms with Crippen LogP contribution < -0.4 is 5.73 Å². The average molecular weight is 278 g/mol. The van der Waals surface area contributed by atoms with Crippen LogP contribution in [0.1, 0.15) is 38.2 Å². The van der Waals surface area contributed by atoms with Crippen molar-refractivity contribution in [2.45, 2.75) is 38.6 Å². The fourth-order valence-electron chi connectivity index (χ4n) is 2.76. The predicted octanol–water partition coefficient (Wildman–Crippen LogP) is 2.87. The smallest absolute Gasteiger partial charge is 0.0589 e. The zero-order valence-electron chi connectivity index (χ0n) is 13.2. The maximum atomic E-state index is 6.01. The highest BCUT2D eigenvalue weighted by Gasteiger charge is 2.20. The minimum atomic E-state index is 0.397. The van der Waals surface area contributed by atoms with E-state index in [0.29, 0.717) is 18.5 Å². The van der Waals surface area contributed by atoms with E-state index >= 15 is 0 Å². The molecule has 0 spiro atoms. The van der Waals surface area contributed by atoms with Gasteiger partial charge in [0.1, 0.15) is 0 Å². The molecule has 0 saturated carbocycles. The van der Waals surface area contributed by atoms with E-state index in [9.17, 15) is 0 Å². The van der Waals surface area contributed by atoms with Crippen LogP contribution in [0, 0.1) is 0 Å². The number of nitrogens with two attached hydrogens (primary N) is 1. The van der Waals surface area contributed by atoms with Gasteiger partial charge in [0.05, 0.1) is 6.61 Å². The quantitative estimate of drug-likeness (QED) is 0.715. The molecule has 20 heavy (non-hydrogen) atoms. The molecule has 0 aliphatic rings. The maximum Gasteiger partial charge on any atom is 0.0589 e. The summed E-state index contributed by atoms with van der Waals surface area (Å²) in [6.45, 7) is 7.97. The van der Waals surface area contributed by atoms with Crippen LogP contribution in [0.4, 0.5) is 0 Å². The van der Waals surface area contributed by atoms with Crippen molar-refractivity contribution >= 4 is 0 Å². The van der Waals surface area contributed by atoms with Crippen LogP contribution in [0.15, 0.2) is 30.3 Å². The lowest BCUT2D eigenvalue weighted by atomic mass is 9.97. The van der Waals surface area contributed by atoms with Crippen LogP contribution in [0.3, 0.4) is 0 Å². The summed E-state index contributed by atoms with van der Waals surface area (Å²) in [7, 11) is 1.77. The van der Waals surface area contributed by atoms with Gasteiger partial charge >= 0.3 is 0 Å². The van der Waals surface area contributed by atoms with Crippen molar-refractivity contribution < 1.29 is 4.74 Å². The third-order valence-corrected chi connectivity index (χ3v) is 4.05. The lowest BCUT2D eigenvalue weighted by Gasteiger charge is -2.33. The molecular formula is C17H30N2O. The van der Waals surface area contributed by atoms with Crippen LogP contribution in [-0.4, -0.2) is 44.3 Å². The van der Waals surface area contributed by atoms with Crippen molar-refractivity contribution in [3.63, 3.8) is 0 Å². The molecule has 1 aromatic rings. The number of hydrogen-bond donors (Lipinski definition) is 1. The summed E-state index contributed by atoms with van der Waals surface area (Å²) >= 11 is 0. The highest BCUT2D eigenvalue weighted by Crippen LogP contribution is 2.19. The number of hydrogen-bond acceptors (Lipinski definition) is 3. The first kappa shape index (κ1) is 17.2. The van der Waals surface area contributed by atoms with Crippen molar-refractivity contribution in [3.05, 3.63) is 35.9 Å². The zero-order chi connectivity index (χ0) is 14.8. The van der Waals surface area contributed by atoms with Crippen LogP contribution in [-0.2, 0) is 4.74 Å². The standard InChI is InChI=1S/C17H30N2O/c1-4-17(5-2)19(11-12-20-3)14-16(13-18)15-9-7-6-8-10-15/h6-10,16-17H,4-5,11-14,18H2,1-3H3. The Kier molecular flexibility index (Phi) is 8.51. The molecular weight excluding hydrogens is 248 g/mol. The van der Waals surface area contributed by atoms with Gasteiger partial charge in [0.2, 0.25) is 0 Å². The van der Waals surface area contributed by atoms with Crippen molar-refractivity contribution in [1.82, 2.24) is 4.90 Å². The van der Waals surface area contributed by atoms with Gasteiger partial charge < -0.3 is 10.5 Å². The van der Waals surface area contributed by atoms with Gasteiger partial charge in [-0.2, -0.15) is 0 Å². The molecule has 1 atom stereocenters. The summed E-state index contributed by atoms with van der Waals surface area (Å²) < 4.78 is 5.26. The second-order valence-electron chi connectivity index (χ2n) is 5.30. The summed E-state index contributed by atoms with van der Waals surface area (Å²) in [5.74, 6) is 0.397. The molecule has 0 heterocycles. The average Bonchev–Trinajstić information content (AvgIpc) is 2.51. The second kappa shape index (κ2) is 9.92. The Hall–Kier alpha value is -0.900. The van der Waals surface area contributed by atoms with Crippen LogP contribution in [0.25, 0.3) is 0 Å². The van der Waals surface area contributed by atoms with Crippen molar-refractivity contribution in [2.24, 2.45) is 5.73 Å². The molecule has 0 aliphatic carbocycles. The van der Waals surface area contributed by atoms with Gasteiger partial charge in [0, 0.05) is 38.7 Å². The molecule has 114 valence electrons. The molecule has 0 fully saturated rings. The fourth-order valence-corrected chi connectivity index (χ4v) is 2.76. The Morgan fingerprint density at radius 3 is 2.30 bits per heavy atom. The molecule has 0 aromatic heterocycles. The fraction of sp³-hybridized carbons (Fsp3) is 0.647. The number of nitrogens with zero attached hydrogens (tertiary/aromatic N) is 1. The first-order valence-electron chi connectivity index (χ1n) is 7.74. The normalized spacial score (nSPS) is 13.1. The van der Waals surface area contributed by atoms with E-state index in [2.05, 4.69) is 49.1 Å². The lowest BCUT2D eigenvalue weighted by Crippen LogP contribution is -2.41. The van der Waals surface area contributed by atoms with Crippen molar-refractivity contribution in [3.8, 4) is 0 Å². The summed E-state index contributed by atoms with van der Waals surface area (Å²) in [6.07, 6.45) is 2.35.